The predicted molar refractivity (Wildman–Crippen MR) is 55.1 cm³/mol. The zero-order valence-corrected chi connectivity index (χ0v) is 9.34. The SMILES string of the molecule is COCC(C)n1cnc(Cl)c(Cl)c1=O. The van der Waals surface area contributed by atoms with Gasteiger partial charge in [0.25, 0.3) is 5.56 Å². The van der Waals surface area contributed by atoms with Crippen molar-refractivity contribution in [1.82, 2.24) is 9.55 Å². The normalized spacial score (nSPS) is 12.9. The van der Waals surface area contributed by atoms with Gasteiger partial charge in [0.1, 0.15) is 5.02 Å². The first-order chi connectivity index (χ1) is 6.57. The number of hydrogen-bond acceptors (Lipinski definition) is 3. The van der Waals surface area contributed by atoms with Crippen LogP contribution < -0.4 is 5.56 Å². The van der Waals surface area contributed by atoms with Gasteiger partial charge in [0.05, 0.1) is 19.0 Å². The Kier molecular flexibility index (Phi) is 3.92. The van der Waals surface area contributed by atoms with Crippen LogP contribution in [-0.2, 0) is 4.74 Å². The zero-order valence-electron chi connectivity index (χ0n) is 7.83. The van der Waals surface area contributed by atoms with Gasteiger partial charge in [-0.05, 0) is 6.92 Å². The van der Waals surface area contributed by atoms with Crippen LogP contribution in [0.3, 0.4) is 0 Å². The van der Waals surface area contributed by atoms with Gasteiger partial charge in [-0.1, -0.05) is 23.2 Å². The van der Waals surface area contributed by atoms with Crippen LogP contribution in [0, 0.1) is 0 Å². The molecule has 0 aromatic carbocycles. The fraction of sp³-hybridized carbons (Fsp3) is 0.500. The quantitative estimate of drug-likeness (QED) is 0.752. The maximum absolute atomic E-state index is 11.6. The first kappa shape index (κ1) is 11.5. The number of hydrogen-bond donors (Lipinski definition) is 0. The van der Waals surface area contributed by atoms with Crippen LogP contribution in [0.1, 0.15) is 13.0 Å². The molecule has 14 heavy (non-hydrogen) atoms. The van der Waals surface area contributed by atoms with Crippen molar-refractivity contribution in [2.75, 3.05) is 13.7 Å². The number of aromatic nitrogens is 2. The van der Waals surface area contributed by atoms with Crippen molar-refractivity contribution in [3.63, 3.8) is 0 Å². The Morgan fingerprint density at radius 1 is 1.64 bits per heavy atom. The molecule has 0 bridgehead atoms. The third kappa shape index (κ3) is 2.26. The smallest absolute Gasteiger partial charge is 0.273 e. The summed E-state index contributed by atoms with van der Waals surface area (Å²) in [6.07, 6.45) is 1.36. The summed E-state index contributed by atoms with van der Waals surface area (Å²) < 4.78 is 6.31. The molecule has 0 aliphatic rings. The van der Waals surface area contributed by atoms with E-state index < -0.39 is 0 Å². The Hall–Kier alpha value is -0.580. The molecule has 0 radical (unpaired) electrons. The number of halogens is 2. The van der Waals surface area contributed by atoms with Crippen molar-refractivity contribution in [3.05, 3.63) is 26.9 Å². The summed E-state index contributed by atoms with van der Waals surface area (Å²) in [5.74, 6) is 0. The van der Waals surface area contributed by atoms with Crippen molar-refractivity contribution in [3.8, 4) is 0 Å². The molecule has 0 saturated carbocycles. The van der Waals surface area contributed by atoms with Crippen LogP contribution in [0.5, 0.6) is 0 Å². The van der Waals surface area contributed by atoms with Gasteiger partial charge >= 0.3 is 0 Å². The third-order valence-electron chi connectivity index (χ3n) is 1.78. The standard InChI is InChI=1S/C8H10Cl2N2O2/c1-5(3-14-2)12-4-11-7(10)6(9)8(12)13/h4-5H,3H2,1-2H3. The Labute approximate surface area is 91.4 Å². The molecule has 0 spiro atoms. The minimum atomic E-state index is -0.351. The van der Waals surface area contributed by atoms with E-state index in [-0.39, 0.29) is 21.8 Å². The fourth-order valence-corrected chi connectivity index (χ4v) is 1.33. The molecule has 4 nitrogen and oxygen atoms in total. The van der Waals surface area contributed by atoms with E-state index in [1.165, 1.54) is 10.9 Å². The first-order valence-corrected chi connectivity index (χ1v) is 4.74. The van der Waals surface area contributed by atoms with Gasteiger partial charge in [-0.2, -0.15) is 0 Å². The highest BCUT2D eigenvalue weighted by molar-refractivity contribution is 6.40. The van der Waals surface area contributed by atoms with Gasteiger partial charge in [0, 0.05) is 7.11 Å². The van der Waals surface area contributed by atoms with Crippen molar-refractivity contribution in [2.24, 2.45) is 0 Å². The summed E-state index contributed by atoms with van der Waals surface area (Å²) in [4.78, 5) is 15.3. The lowest BCUT2D eigenvalue weighted by molar-refractivity contribution is 0.160. The number of nitrogens with zero attached hydrogens (tertiary/aromatic N) is 2. The summed E-state index contributed by atoms with van der Waals surface area (Å²) in [6, 6.07) is -0.116. The van der Waals surface area contributed by atoms with Crippen LogP contribution in [0.4, 0.5) is 0 Å². The van der Waals surface area contributed by atoms with E-state index in [1.54, 1.807) is 7.11 Å². The predicted octanol–water partition coefficient (Wildman–Crippen LogP) is 1.76. The van der Waals surface area contributed by atoms with Gasteiger partial charge in [-0.3, -0.25) is 9.36 Å². The lowest BCUT2D eigenvalue weighted by atomic mass is 10.3. The molecule has 6 heteroatoms. The van der Waals surface area contributed by atoms with Gasteiger partial charge in [-0.25, -0.2) is 4.98 Å². The van der Waals surface area contributed by atoms with E-state index in [2.05, 4.69) is 4.98 Å². The Balaban J connectivity index is 3.11. The van der Waals surface area contributed by atoms with E-state index in [0.717, 1.165) is 0 Å². The van der Waals surface area contributed by atoms with E-state index >= 15 is 0 Å². The van der Waals surface area contributed by atoms with Crippen molar-refractivity contribution < 1.29 is 4.74 Å². The summed E-state index contributed by atoms with van der Waals surface area (Å²) in [5.41, 5.74) is -0.351. The monoisotopic (exact) mass is 236 g/mol. The van der Waals surface area contributed by atoms with Crippen LogP contribution in [0.15, 0.2) is 11.1 Å². The van der Waals surface area contributed by atoms with Crippen LogP contribution in [0.25, 0.3) is 0 Å². The Morgan fingerprint density at radius 2 is 2.29 bits per heavy atom. The largest absolute Gasteiger partial charge is 0.383 e. The maximum Gasteiger partial charge on any atom is 0.273 e. The Morgan fingerprint density at radius 3 is 2.86 bits per heavy atom. The van der Waals surface area contributed by atoms with Crippen LogP contribution >= 0.6 is 23.2 Å². The molecule has 0 fully saturated rings. The topological polar surface area (TPSA) is 44.1 Å². The summed E-state index contributed by atoms with van der Waals surface area (Å²) in [6.45, 7) is 2.25. The zero-order chi connectivity index (χ0) is 10.7. The molecule has 1 atom stereocenters. The van der Waals surface area contributed by atoms with Crippen molar-refractivity contribution >= 4 is 23.2 Å². The van der Waals surface area contributed by atoms with Crippen molar-refractivity contribution in [2.45, 2.75) is 13.0 Å². The summed E-state index contributed by atoms with van der Waals surface area (Å²) in [7, 11) is 1.56. The molecular weight excluding hydrogens is 227 g/mol. The molecule has 0 N–H and O–H groups in total. The summed E-state index contributed by atoms with van der Waals surface area (Å²) >= 11 is 11.2. The van der Waals surface area contributed by atoms with Gasteiger partial charge in [-0.15, -0.1) is 0 Å². The average Bonchev–Trinajstić information content (AvgIpc) is 2.15. The second-order valence-electron chi connectivity index (χ2n) is 2.87. The van der Waals surface area contributed by atoms with Crippen LogP contribution in [-0.4, -0.2) is 23.3 Å². The molecule has 0 aliphatic heterocycles. The van der Waals surface area contributed by atoms with Gasteiger partial charge < -0.3 is 4.74 Å². The summed E-state index contributed by atoms with van der Waals surface area (Å²) in [5, 5.41) is -0.0327. The Bertz CT molecular complexity index is 378. The molecule has 0 aliphatic carbocycles. The minimum Gasteiger partial charge on any atom is -0.383 e. The lowest BCUT2D eigenvalue weighted by Gasteiger charge is -2.13. The number of ether oxygens (including phenoxy) is 1. The van der Waals surface area contributed by atoms with Gasteiger partial charge in [0.15, 0.2) is 5.15 Å². The fourth-order valence-electron chi connectivity index (χ4n) is 1.06. The van der Waals surface area contributed by atoms with E-state index in [0.29, 0.717) is 6.61 Å². The molecule has 1 aromatic rings. The number of methoxy groups -OCH3 is 1. The molecule has 1 heterocycles. The second kappa shape index (κ2) is 4.77. The molecule has 78 valence electrons. The van der Waals surface area contributed by atoms with E-state index in [4.69, 9.17) is 27.9 Å². The molecule has 1 aromatic heterocycles. The van der Waals surface area contributed by atoms with E-state index in [9.17, 15) is 4.79 Å². The molecular formula is C8H10Cl2N2O2. The maximum atomic E-state index is 11.6. The molecule has 1 unspecified atom stereocenters. The number of rotatable bonds is 3. The average molecular weight is 237 g/mol. The first-order valence-electron chi connectivity index (χ1n) is 3.99. The van der Waals surface area contributed by atoms with Crippen LogP contribution in [0.2, 0.25) is 10.2 Å². The molecule has 0 saturated heterocycles. The van der Waals surface area contributed by atoms with Crippen molar-refractivity contribution in [1.29, 1.82) is 0 Å². The second-order valence-corrected chi connectivity index (χ2v) is 3.60. The highest BCUT2D eigenvalue weighted by Gasteiger charge is 2.11. The molecule has 1 rings (SSSR count). The van der Waals surface area contributed by atoms with Gasteiger partial charge in [0.2, 0.25) is 0 Å². The minimum absolute atomic E-state index is 0.0255. The third-order valence-corrected chi connectivity index (χ3v) is 2.51. The van der Waals surface area contributed by atoms with E-state index in [1.807, 2.05) is 6.92 Å². The highest BCUT2D eigenvalue weighted by Crippen LogP contribution is 2.14. The molecule has 0 amide bonds. The highest BCUT2D eigenvalue weighted by atomic mass is 35.5. The lowest BCUT2D eigenvalue weighted by Crippen LogP contribution is -2.26.